The van der Waals surface area contributed by atoms with Crippen LogP contribution in [-0.4, -0.2) is 34.9 Å². The van der Waals surface area contributed by atoms with E-state index in [4.69, 9.17) is 4.74 Å². The van der Waals surface area contributed by atoms with Crippen LogP contribution in [0.15, 0.2) is 24.3 Å². The van der Waals surface area contributed by atoms with Gasteiger partial charge < -0.3 is 10.1 Å². The molecule has 2 aromatic rings. The Labute approximate surface area is 138 Å². The lowest BCUT2D eigenvalue weighted by Crippen LogP contribution is -2.19. The minimum Gasteiger partial charge on any atom is -0.496 e. The third-order valence-corrected chi connectivity index (χ3v) is 4.52. The number of hydrogen-bond donors (Lipinski definition) is 1. The Morgan fingerprint density at radius 1 is 1.22 bits per heavy atom. The van der Waals surface area contributed by atoms with Crippen molar-refractivity contribution in [2.45, 2.75) is 32.9 Å². The molecule has 23 heavy (non-hydrogen) atoms. The highest BCUT2D eigenvalue weighted by molar-refractivity contribution is 5.41. The number of ether oxygens (including phenoxy) is 1. The molecule has 1 saturated heterocycles. The topological polar surface area (TPSA) is 42.3 Å². The second-order valence-electron chi connectivity index (χ2n) is 6.28. The van der Waals surface area contributed by atoms with Crippen molar-refractivity contribution in [3.63, 3.8) is 0 Å². The summed E-state index contributed by atoms with van der Waals surface area (Å²) in [6.45, 7) is 6.19. The lowest BCUT2D eigenvalue weighted by atomic mass is 10.1. The number of benzene rings is 1. The van der Waals surface area contributed by atoms with Crippen LogP contribution in [0.2, 0.25) is 0 Å². The van der Waals surface area contributed by atoms with E-state index in [1.54, 1.807) is 7.11 Å². The fourth-order valence-corrected chi connectivity index (χ4v) is 3.09. The average molecular weight is 314 g/mol. The number of likely N-dealkylation sites (tertiary alicyclic amines) is 1. The van der Waals surface area contributed by atoms with Gasteiger partial charge in [0.15, 0.2) is 0 Å². The third kappa shape index (κ3) is 3.85. The van der Waals surface area contributed by atoms with E-state index in [0.717, 1.165) is 30.4 Å². The van der Waals surface area contributed by atoms with Crippen LogP contribution in [0.5, 0.6) is 5.75 Å². The Hall–Kier alpha value is -2.01. The molecule has 0 bridgehead atoms. The van der Waals surface area contributed by atoms with E-state index in [2.05, 4.69) is 46.5 Å². The van der Waals surface area contributed by atoms with E-state index in [0.29, 0.717) is 0 Å². The van der Waals surface area contributed by atoms with Gasteiger partial charge in [-0.25, -0.2) is 0 Å². The lowest BCUT2D eigenvalue weighted by Gasteiger charge is -2.18. The summed E-state index contributed by atoms with van der Waals surface area (Å²) in [7, 11) is 3.71. The lowest BCUT2D eigenvalue weighted by molar-refractivity contribution is 0.321. The van der Waals surface area contributed by atoms with E-state index in [1.165, 1.54) is 37.1 Å². The van der Waals surface area contributed by atoms with Crippen molar-refractivity contribution in [2.24, 2.45) is 7.05 Å². The molecule has 2 heterocycles. The smallest absolute Gasteiger partial charge is 0.148 e. The zero-order chi connectivity index (χ0) is 16.2. The number of aryl methyl sites for hydroxylation is 2. The van der Waals surface area contributed by atoms with Crippen LogP contribution in [0.4, 0.5) is 5.82 Å². The van der Waals surface area contributed by atoms with Crippen LogP contribution in [-0.2, 0) is 20.1 Å². The maximum atomic E-state index is 5.53. The van der Waals surface area contributed by atoms with Gasteiger partial charge in [0.25, 0.3) is 0 Å². The van der Waals surface area contributed by atoms with Crippen molar-refractivity contribution < 1.29 is 4.74 Å². The Kier molecular flexibility index (Phi) is 4.86. The molecular weight excluding hydrogens is 288 g/mol. The van der Waals surface area contributed by atoms with E-state index in [1.807, 2.05) is 11.7 Å². The molecule has 1 fully saturated rings. The largest absolute Gasteiger partial charge is 0.496 e. The summed E-state index contributed by atoms with van der Waals surface area (Å²) in [4.78, 5) is 2.50. The fourth-order valence-electron chi connectivity index (χ4n) is 3.09. The summed E-state index contributed by atoms with van der Waals surface area (Å²) in [5, 5.41) is 7.83. The summed E-state index contributed by atoms with van der Waals surface area (Å²) >= 11 is 0. The predicted octanol–water partition coefficient (Wildman–Crippen LogP) is 2.95. The molecule has 1 N–H and O–H groups in total. The first-order valence-electron chi connectivity index (χ1n) is 8.28. The molecule has 0 atom stereocenters. The third-order valence-electron chi connectivity index (χ3n) is 4.52. The summed E-state index contributed by atoms with van der Waals surface area (Å²) < 4.78 is 7.41. The van der Waals surface area contributed by atoms with Crippen molar-refractivity contribution in [2.75, 3.05) is 25.5 Å². The highest BCUT2D eigenvalue weighted by Crippen LogP contribution is 2.24. The second kappa shape index (κ2) is 7.04. The molecule has 1 aliphatic heterocycles. The van der Waals surface area contributed by atoms with Crippen molar-refractivity contribution in [1.82, 2.24) is 14.7 Å². The number of nitrogens with zero attached hydrogens (tertiary/aromatic N) is 3. The van der Waals surface area contributed by atoms with Crippen LogP contribution in [0.1, 0.15) is 29.7 Å². The average Bonchev–Trinajstić information content (AvgIpc) is 3.16. The van der Waals surface area contributed by atoms with Gasteiger partial charge in [0.2, 0.25) is 0 Å². The molecule has 5 heteroatoms. The number of aromatic nitrogens is 2. The quantitative estimate of drug-likeness (QED) is 0.890. The van der Waals surface area contributed by atoms with Crippen molar-refractivity contribution in [3.8, 4) is 5.75 Å². The van der Waals surface area contributed by atoms with Crippen molar-refractivity contribution in [1.29, 1.82) is 0 Å². The second-order valence-corrected chi connectivity index (χ2v) is 6.28. The maximum absolute atomic E-state index is 5.53. The summed E-state index contributed by atoms with van der Waals surface area (Å²) in [5.74, 6) is 1.90. The minimum absolute atomic E-state index is 0.771. The molecule has 124 valence electrons. The number of anilines is 1. The van der Waals surface area contributed by atoms with Gasteiger partial charge in [-0.3, -0.25) is 9.58 Å². The Morgan fingerprint density at radius 2 is 2.00 bits per heavy atom. The number of nitrogens with one attached hydrogen (secondary N) is 1. The summed E-state index contributed by atoms with van der Waals surface area (Å²) in [6.07, 6.45) is 2.62. The minimum atomic E-state index is 0.771. The fraction of sp³-hybridized carbons (Fsp3) is 0.500. The molecule has 0 unspecified atom stereocenters. The zero-order valence-electron chi connectivity index (χ0n) is 14.3. The monoisotopic (exact) mass is 314 g/mol. The van der Waals surface area contributed by atoms with E-state index < -0.39 is 0 Å². The Bertz CT molecular complexity index is 640. The molecule has 0 aliphatic carbocycles. The van der Waals surface area contributed by atoms with E-state index in [9.17, 15) is 0 Å². The van der Waals surface area contributed by atoms with Gasteiger partial charge in [0.1, 0.15) is 11.6 Å². The normalized spacial score (nSPS) is 15.1. The number of hydrogen-bond acceptors (Lipinski definition) is 4. The molecule has 1 aliphatic rings. The van der Waals surface area contributed by atoms with Gasteiger partial charge in [-0.15, -0.1) is 0 Å². The summed E-state index contributed by atoms with van der Waals surface area (Å²) in [5.41, 5.74) is 3.67. The van der Waals surface area contributed by atoms with Crippen LogP contribution < -0.4 is 10.1 Å². The van der Waals surface area contributed by atoms with Gasteiger partial charge in [0.05, 0.1) is 7.11 Å². The first-order chi connectivity index (χ1) is 11.2. The molecule has 1 aromatic heterocycles. The molecule has 0 saturated carbocycles. The highest BCUT2D eigenvalue weighted by Gasteiger charge is 2.14. The van der Waals surface area contributed by atoms with Crippen LogP contribution in [0, 0.1) is 6.92 Å². The Balaban J connectivity index is 1.69. The van der Waals surface area contributed by atoms with Gasteiger partial charge >= 0.3 is 0 Å². The van der Waals surface area contributed by atoms with Gasteiger partial charge in [-0.2, -0.15) is 5.10 Å². The van der Waals surface area contributed by atoms with E-state index >= 15 is 0 Å². The SMILES string of the molecule is COc1ccc(CNc2cc(C)n(C)n2)cc1CN1CCCC1. The van der Waals surface area contributed by atoms with Crippen LogP contribution >= 0.6 is 0 Å². The van der Waals surface area contributed by atoms with Crippen molar-refractivity contribution >= 4 is 5.82 Å². The van der Waals surface area contributed by atoms with E-state index in [-0.39, 0.29) is 0 Å². The predicted molar refractivity (Wildman–Crippen MR) is 92.8 cm³/mol. The highest BCUT2D eigenvalue weighted by atomic mass is 16.5. The van der Waals surface area contributed by atoms with Gasteiger partial charge in [0, 0.05) is 37.5 Å². The molecule has 0 spiro atoms. The molecule has 1 aromatic carbocycles. The first kappa shape index (κ1) is 15.9. The first-order valence-corrected chi connectivity index (χ1v) is 8.28. The molecular formula is C18H26N4O. The molecule has 0 amide bonds. The number of methoxy groups -OCH3 is 1. The summed E-state index contributed by atoms with van der Waals surface area (Å²) in [6, 6.07) is 8.51. The molecule has 3 rings (SSSR count). The van der Waals surface area contributed by atoms with Crippen LogP contribution in [0.25, 0.3) is 0 Å². The zero-order valence-corrected chi connectivity index (χ0v) is 14.3. The standard InChI is InChI=1S/C18H26N4O/c1-14-10-18(20-21(14)2)19-12-15-6-7-17(23-3)16(11-15)13-22-8-4-5-9-22/h6-7,10-11H,4-5,8-9,12-13H2,1-3H3,(H,19,20). The molecule has 5 nitrogen and oxygen atoms in total. The van der Waals surface area contributed by atoms with Crippen LogP contribution in [0.3, 0.4) is 0 Å². The Morgan fingerprint density at radius 3 is 2.65 bits per heavy atom. The maximum Gasteiger partial charge on any atom is 0.148 e. The number of rotatable bonds is 6. The van der Waals surface area contributed by atoms with Gasteiger partial charge in [-0.1, -0.05) is 6.07 Å². The van der Waals surface area contributed by atoms with Crippen molar-refractivity contribution in [3.05, 3.63) is 41.1 Å². The molecule has 0 radical (unpaired) electrons. The van der Waals surface area contributed by atoms with Gasteiger partial charge in [-0.05, 0) is 50.6 Å².